The first-order valence-electron chi connectivity index (χ1n) is 10.8. The van der Waals surface area contributed by atoms with Crippen molar-refractivity contribution in [2.24, 2.45) is 0 Å². The third-order valence-corrected chi connectivity index (χ3v) is 5.44. The highest BCUT2D eigenvalue weighted by molar-refractivity contribution is 5.95. The molecule has 1 aliphatic heterocycles. The molecule has 0 unspecified atom stereocenters. The van der Waals surface area contributed by atoms with Crippen molar-refractivity contribution in [2.75, 3.05) is 51.2 Å². The quantitative estimate of drug-likeness (QED) is 0.455. The molecule has 1 amide bonds. The highest BCUT2D eigenvalue weighted by atomic mass is 16.5. The lowest BCUT2D eigenvalue weighted by Crippen LogP contribution is -2.21. The number of esters is 1. The number of methoxy groups -OCH3 is 3. The molecular formula is C25H30N2O6. The predicted octanol–water partition coefficient (Wildman–Crippen LogP) is 3.82. The van der Waals surface area contributed by atoms with E-state index in [2.05, 4.69) is 16.3 Å². The molecule has 33 heavy (non-hydrogen) atoms. The van der Waals surface area contributed by atoms with Crippen LogP contribution < -0.4 is 24.4 Å². The number of hydrogen-bond donors (Lipinski definition) is 1. The maximum Gasteiger partial charge on any atom is 0.331 e. The monoisotopic (exact) mass is 454 g/mol. The molecule has 0 aromatic heterocycles. The van der Waals surface area contributed by atoms with Gasteiger partial charge in [0, 0.05) is 42.2 Å². The van der Waals surface area contributed by atoms with Gasteiger partial charge in [-0.25, -0.2) is 4.79 Å². The van der Waals surface area contributed by atoms with Crippen molar-refractivity contribution in [1.82, 2.24) is 0 Å². The van der Waals surface area contributed by atoms with Crippen LogP contribution >= 0.6 is 0 Å². The zero-order valence-corrected chi connectivity index (χ0v) is 19.5. The van der Waals surface area contributed by atoms with E-state index in [-0.39, 0.29) is 6.61 Å². The second-order valence-electron chi connectivity index (χ2n) is 7.63. The van der Waals surface area contributed by atoms with Gasteiger partial charge in [-0.15, -0.1) is 0 Å². The van der Waals surface area contributed by atoms with Gasteiger partial charge >= 0.3 is 5.97 Å². The lowest BCUT2D eigenvalue weighted by Gasteiger charge is -2.19. The summed E-state index contributed by atoms with van der Waals surface area (Å²) < 4.78 is 20.9. The largest absolute Gasteiger partial charge is 0.496 e. The second kappa shape index (κ2) is 11.3. The predicted molar refractivity (Wildman–Crippen MR) is 127 cm³/mol. The normalized spacial score (nSPS) is 13.2. The molecule has 176 valence electrons. The summed E-state index contributed by atoms with van der Waals surface area (Å²) in [5, 5.41) is 2.79. The van der Waals surface area contributed by atoms with E-state index in [0.717, 1.165) is 24.3 Å². The summed E-state index contributed by atoms with van der Waals surface area (Å²) >= 11 is 0. The van der Waals surface area contributed by atoms with Crippen LogP contribution in [0.5, 0.6) is 17.2 Å². The summed E-state index contributed by atoms with van der Waals surface area (Å²) in [5.41, 5.74) is 3.42. The van der Waals surface area contributed by atoms with Gasteiger partial charge in [0.15, 0.2) is 18.1 Å². The molecule has 1 saturated heterocycles. The first-order chi connectivity index (χ1) is 15.9. The molecule has 0 aliphatic carbocycles. The van der Waals surface area contributed by atoms with Crippen LogP contribution in [0.1, 0.15) is 24.0 Å². The van der Waals surface area contributed by atoms with E-state index in [4.69, 9.17) is 18.9 Å². The molecular weight excluding hydrogens is 424 g/mol. The van der Waals surface area contributed by atoms with Crippen molar-refractivity contribution in [3.05, 3.63) is 47.5 Å². The fraction of sp³-hybridized carbons (Fsp3) is 0.360. The summed E-state index contributed by atoms with van der Waals surface area (Å²) in [5.74, 6) is 0.453. The second-order valence-corrected chi connectivity index (χ2v) is 7.63. The summed E-state index contributed by atoms with van der Waals surface area (Å²) in [4.78, 5) is 26.7. The zero-order chi connectivity index (χ0) is 23.8. The Kier molecular flexibility index (Phi) is 8.18. The van der Waals surface area contributed by atoms with Gasteiger partial charge in [0.05, 0.1) is 21.3 Å². The van der Waals surface area contributed by atoms with Gasteiger partial charge in [-0.05, 0) is 55.7 Å². The highest BCUT2D eigenvalue weighted by Gasteiger charge is 2.14. The van der Waals surface area contributed by atoms with Crippen molar-refractivity contribution in [2.45, 2.75) is 19.8 Å². The Morgan fingerprint density at radius 3 is 2.27 bits per heavy atom. The zero-order valence-electron chi connectivity index (χ0n) is 19.5. The molecule has 0 radical (unpaired) electrons. The van der Waals surface area contributed by atoms with Gasteiger partial charge < -0.3 is 29.2 Å². The van der Waals surface area contributed by atoms with E-state index in [0.29, 0.717) is 28.5 Å². The number of carbonyl (C=O) groups is 2. The molecule has 0 spiro atoms. The number of carbonyl (C=O) groups excluding carboxylic acids is 2. The topological polar surface area (TPSA) is 86.3 Å². The Labute approximate surface area is 194 Å². The number of benzene rings is 2. The fourth-order valence-corrected chi connectivity index (χ4v) is 3.67. The molecule has 0 bridgehead atoms. The first-order valence-corrected chi connectivity index (χ1v) is 10.8. The minimum atomic E-state index is -0.650. The molecule has 0 atom stereocenters. The molecule has 1 fully saturated rings. The maximum absolute atomic E-state index is 12.3. The molecule has 8 nitrogen and oxygen atoms in total. The average Bonchev–Trinajstić information content (AvgIpc) is 3.37. The molecule has 2 aromatic carbocycles. The minimum Gasteiger partial charge on any atom is -0.496 e. The van der Waals surface area contributed by atoms with Crippen LogP contribution in [0, 0.1) is 6.92 Å². The lowest BCUT2D eigenvalue weighted by molar-refractivity contribution is -0.142. The van der Waals surface area contributed by atoms with Crippen LogP contribution in [0.2, 0.25) is 0 Å². The lowest BCUT2D eigenvalue weighted by atomic mass is 10.1. The number of amides is 1. The molecule has 0 saturated carbocycles. The van der Waals surface area contributed by atoms with Crippen molar-refractivity contribution in [1.29, 1.82) is 0 Å². The number of hydrogen-bond acceptors (Lipinski definition) is 7. The first kappa shape index (κ1) is 24.0. The highest BCUT2D eigenvalue weighted by Crippen LogP contribution is 2.35. The third-order valence-electron chi connectivity index (χ3n) is 5.44. The van der Waals surface area contributed by atoms with E-state index in [1.165, 1.54) is 46.3 Å². The van der Waals surface area contributed by atoms with Crippen molar-refractivity contribution in [3.8, 4) is 17.2 Å². The standard InChI is InChI=1S/C25H30N2O6/c1-17-13-19(27-11-5-6-12-27)8-9-20(17)26-24(28)16-33-25(29)10-7-18-14-22(31-3)23(32-4)15-21(18)30-2/h7-10,13-15H,5-6,11-12,16H2,1-4H3,(H,26,28)/b10-7+. The van der Waals surface area contributed by atoms with Crippen LogP contribution in [-0.4, -0.2) is 52.9 Å². The Bertz CT molecular complexity index is 1030. The van der Waals surface area contributed by atoms with Gasteiger partial charge in [0.1, 0.15) is 5.75 Å². The van der Waals surface area contributed by atoms with Crippen molar-refractivity contribution < 1.29 is 28.5 Å². The van der Waals surface area contributed by atoms with Crippen molar-refractivity contribution >= 4 is 29.3 Å². The Morgan fingerprint density at radius 1 is 0.970 bits per heavy atom. The molecule has 2 aromatic rings. The fourth-order valence-electron chi connectivity index (χ4n) is 3.67. The Hall–Kier alpha value is -3.68. The maximum atomic E-state index is 12.3. The Morgan fingerprint density at radius 2 is 1.64 bits per heavy atom. The summed E-state index contributed by atoms with van der Waals surface area (Å²) in [6.07, 6.45) is 5.17. The van der Waals surface area contributed by atoms with Crippen LogP contribution in [0.4, 0.5) is 11.4 Å². The van der Waals surface area contributed by atoms with Gasteiger partial charge in [-0.1, -0.05) is 0 Å². The molecule has 1 N–H and O–H groups in total. The van der Waals surface area contributed by atoms with E-state index >= 15 is 0 Å². The summed E-state index contributed by atoms with van der Waals surface area (Å²) in [6, 6.07) is 9.29. The van der Waals surface area contributed by atoms with E-state index < -0.39 is 11.9 Å². The number of nitrogens with one attached hydrogen (secondary N) is 1. The van der Waals surface area contributed by atoms with Gasteiger partial charge in [0.2, 0.25) is 0 Å². The molecule has 8 heteroatoms. The number of ether oxygens (including phenoxy) is 4. The molecule has 1 aliphatic rings. The molecule has 1 heterocycles. The van der Waals surface area contributed by atoms with E-state index in [1.54, 1.807) is 12.1 Å². The van der Waals surface area contributed by atoms with Crippen LogP contribution in [0.25, 0.3) is 6.08 Å². The molecule has 3 rings (SSSR count). The average molecular weight is 455 g/mol. The van der Waals surface area contributed by atoms with Crippen molar-refractivity contribution in [3.63, 3.8) is 0 Å². The smallest absolute Gasteiger partial charge is 0.331 e. The SMILES string of the molecule is COc1cc(OC)c(OC)cc1/C=C/C(=O)OCC(=O)Nc1ccc(N2CCCC2)cc1C. The summed E-state index contributed by atoms with van der Waals surface area (Å²) in [7, 11) is 4.56. The number of rotatable bonds is 9. The van der Waals surface area contributed by atoms with E-state index in [9.17, 15) is 9.59 Å². The number of nitrogens with zero attached hydrogens (tertiary/aromatic N) is 1. The van der Waals surface area contributed by atoms with E-state index in [1.807, 2.05) is 19.1 Å². The number of anilines is 2. The van der Waals surface area contributed by atoms with Crippen LogP contribution in [0.3, 0.4) is 0 Å². The minimum absolute atomic E-state index is 0.389. The van der Waals surface area contributed by atoms with Gasteiger partial charge in [-0.2, -0.15) is 0 Å². The van der Waals surface area contributed by atoms with Gasteiger partial charge in [0.25, 0.3) is 5.91 Å². The van der Waals surface area contributed by atoms with Gasteiger partial charge in [-0.3, -0.25) is 4.79 Å². The van der Waals surface area contributed by atoms with Crippen LogP contribution in [0.15, 0.2) is 36.4 Å². The number of aryl methyl sites for hydroxylation is 1. The third kappa shape index (κ3) is 6.19. The Balaban J connectivity index is 1.55. The van der Waals surface area contributed by atoms with Crippen LogP contribution in [-0.2, 0) is 14.3 Å². The summed E-state index contributed by atoms with van der Waals surface area (Å²) in [6.45, 7) is 3.67.